The van der Waals surface area contributed by atoms with E-state index < -0.39 is 24.0 Å². The Bertz CT molecular complexity index is 548. The van der Waals surface area contributed by atoms with Crippen LogP contribution in [0.5, 0.6) is 0 Å². The predicted octanol–water partition coefficient (Wildman–Crippen LogP) is 1.99. The molecule has 0 bridgehead atoms. The second-order valence-electron chi connectivity index (χ2n) is 3.74. The number of hydrogen-bond acceptors (Lipinski definition) is 4. The van der Waals surface area contributed by atoms with E-state index in [2.05, 4.69) is 5.32 Å². The molecule has 0 radical (unpaired) electrons. The van der Waals surface area contributed by atoms with Crippen molar-refractivity contribution in [3.8, 4) is 0 Å². The van der Waals surface area contributed by atoms with Crippen molar-refractivity contribution in [1.82, 2.24) is 10.6 Å². The number of urea groups is 1. The van der Waals surface area contributed by atoms with Gasteiger partial charge in [0, 0.05) is 12.1 Å². The molecule has 2 N–H and O–H groups in total. The minimum Gasteiger partial charge on any atom is -0.449 e. The molecule has 0 aliphatic heterocycles. The molecule has 1 aromatic carbocycles. The van der Waals surface area contributed by atoms with Crippen LogP contribution in [-0.2, 0) is 9.53 Å². The van der Waals surface area contributed by atoms with Gasteiger partial charge in [-0.05, 0) is 25.1 Å². The summed E-state index contributed by atoms with van der Waals surface area (Å²) >= 11 is 11.6. The zero-order chi connectivity index (χ0) is 15.3. The van der Waals surface area contributed by atoms with Crippen molar-refractivity contribution in [2.75, 3.05) is 7.05 Å². The predicted molar refractivity (Wildman–Crippen MR) is 73.9 cm³/mol. The van der Waals surface area contributed by atoms with Crippen molar-refractivity contribution < 1.29 is 19.1 Å². The summed E-state index contributed by atoms with van der Waals surface area (Å²) in [5.74, 6) is -1.53. The van der Waals surface area contributed by atoms with Crippen LogP contribution in [0.25, 0.3) is 0 Å². The lowest BCUT2D eigenvalue weighted by Crippen LogP contribution is -2.43. The van der Waals surface area contributed by atoms with E-state index >= 15 is 0 Å². The molecule has 0 spiro atoms. The summed E-state index contributed by atoms with van der Waals surface area (Å²) in [6, 6.07) is 3.55. The molecule has 3 amide bonds. The third-order valence-corrected chi connectivity index (χ3v) is 2.82. The van der Waals surface area contributed by atoms with Crippen molar-refractivity contribution in [2.45, 2.75) is 13.0 Å². The Balaban J connectivity index is 2.70. The van der Waals surface area contributed by atoms with Crippen LogP contribution < -0.4 is 10.6 Å². The Kier molecular flexibility index (Phi) is 5.79. The van der Waals surface area contributed by atoms with Crippen molar-refractivity contribution in [3.63, 3.8) is 0 Å². The molecule has 0 aromatic heterocycles. The summed E-state index contributed by atoms with van der Waals surface area (Å²) in [6.07, 6.45) is -1.15. The Hall–Kier alpha value is -1.79. The maximum absolute atomic E-state index is 11.8. The van der Waals surface area contributed by atoms with Gasteiger partial charge >= 0.3 is 12.0 Å². The molecule has 1 aromatic rings. The van der Waals surface area contributed by atoms with Gasteiger partial charge in [-0.15, -0.1) is 0 Å². The molecule has 6 nitrogen and oxygen atoms in total. The molecule has 1 atom stereocenters. The molecule has 20 heavy (non-hydrogen) atoms. The van der Waals surface area contributed by atoms with E-state index in [1.54, 1.807) is 0 Å². The van der Waals surface area contributed by atoms with Crippen LogP contribution in [0.3, 0.4) is 0 Å². The third-order valence-electron chi connectivity index (χ3n) is 2.27. The van der Waals surface area contributed by atoms with Crippen LogP contribution in [0.4, 0.5) is 4.79 Å². The van der Waals surface area contributed by atoms with E-state index in [-0.39, 0.29) is 10.6 Å². The lowest BCUT2D eigenvalue weighted by atomic mass is 10.2. The molecular weight excluding hydrogens is 307 g/mol. The second-order valence-corrected chi connectivity index (χ2v) is 4.58. The molecule has 1 rings (SSSR count). The number of ether oxygens (including phenoxy) is 1. The van der Waals surface area contributed by atoms with Gasteiger partial charge in [-0.1, -0.05) is 23.2 Å². The normalized spacial score (nSPS) is 11.4. The van der Waals surface area contributed by atoms with E-state index in [0.29, 0.717) is 5.02 Å². The highest BCUT2D eigenvalue weighted by Gasteiger charge is 2.21. The highest BCUT2D eigenvalue weighted by molar-refractivity contribution is 6.36. The summed E-state index contributed by atoms with van der Waals surface area (Å²) in [6.45, 7) is 1.33. The fourth-order valence-electron chi connectivity index (χ4n) is 1.21. The number of rotatable bonds is 3. The van der Waals surface area contributed by atoms with Gasteiger partial charge in [0.25, 0.3) is 5.91 Å². The maximum Gasteiger partial charge on any atom is 0.340 e. The summed E-state index contributed by atoms with van der Waals surface area (Å²) in [5.41, 5.74) is 0.0793. The fraction of sp³-hybridized carbons (Fsp3) is 0.250. The number of imide groups is 1. The first-order chi connectivity index (χ1) is 9.35. The number of carbonyl (C=O) groups is 3. The highest BCUT2D eigenvalue weighted by atomic mass is 35.5. The Labute approximate surface area is 125 Å². The largest absolute Gasteiger partial charge is 0.449 e. The first-order valence-corrected chi connectivity index (χ1v) is 6.29. The smallest absolute Gasteiger partial charge is 0.340 e. The first-order valence-electron chi connectivity index (χ1n) is 5.53. The topological polar surface area (TPSA) is 84.5 Å². The maximum atomic E-state index is 11.8. The van der Waals surface area contributed by atoms with E-state index in [0.717, 1.165) is 0 Å². The number of nitrogens with one attached hydrogen (secondary N) is 2. The van der Waals surface area contributed by atoms with Gasteiger partial charge in [0.15, 0.2) is 6.10 Å². The quantitative estimate of drug-likeness (QED) is 0.835. The third kappa shape index (κ3) is 4.40. The van der Waals surface area contributed by atoms with Crippen LogP contribution in [-0.4, -0.2) is 31.1 Å². The average Bonchev–Trinajstić information content (AvgIpc) is 2.37. The lowest BCUT2D eigenvalue weighted by molar-refractivity contribution is -0.127. The van der Waals surface area contributed by atoms with E-state index in [1.807, 2.05) is 5.32 Å². The van der Waals surface area contributed by atoms with E-state index in [1.165, 1.54) is 32.2 Å². The molecule has 0 saturated carbocycles. The van der Waals surface area contributed by atoms with Crippen LogP contribution in [0.2, 0.25) is 10.0 Å². The zero-order valence-corrected chi connectivity index (χ0v) is 12.2. The van der Waals surface area contributed by atoms with Crippen molar-refractivity contribution in [3.05, 3.63) is 33.8 Å². The summed E-state index contributed by atoms with van der Waals surface area (Å²) < 4.78 is 4.91. The molecule has 8 heteroatoms. The number of halogens is 2. The van der Waals surface area contributed by atoms with Gasteiger partial charge < -0.3 is 10.1 Å². The molecule has 108 valence electrons. The molecule has 0 aliphatic rings. The van der Waals surface area contributed by atoms with Gasteiger partial charge in [-0.25, -0.2) is 9.59 Å². The molecule has 0 fully saturated rings. The Morgan fingerprint density at radius 3 is 2.45 bits per heavy atom. The molecular formula is C12H12Cl2N2O4. The fourth-order valence-corrected chi connectivity index (χ4v) is 1.69. The van der Waals surface area contributed by atoms with Crippen LogP contribution in [0.15, 0.2) is 18.2 Å². The van der Waals surface area contributed by atoms with Crippen molar-refractivity contribution in [2.24, 2.45) is 0 Å². The van der Waals surface area contributed by atoms with Crippen LogP contribution in [0.1, 0.15) is 17.3 Å². The lowest BCUT2D eigenvalue weighted by Gasteiger charge is -2.13. The minimum atomic E-state index is -1.15. The molecule has 0 unspecified atom stereocenters. The second kappa shape index (κ2) is 7.12. The number of esters is 1. The van der Waals surface area contributed by atoms with E-state index in [4.69, 9.17) is 27.9 Å². The summed E-state index contributed by atoms with van der Waals surface area (Å²) in [5, 5.41) is 4.68. The SMILES string of the molecule is CNC(=O)NC(=O)[C@@H](C)OC(=O)c1ccc(Cl)cc1Cl. The molecule has 0 heterocycles. The van der Waals surface area contributed by atoms with E-state index in [9.17, 15) is 14.4 Å². The highest BCUT2D eigenvalue weighted by Crippen LogP contribution is 2.22. The minimum absolute atomic E-state index is 0.0793. The number of amides is 3. The summed E-state index contributed by atoms with van der Waals surface area (Å²) in [4.78, 5) is 34.3. The first kappa shape index (κ1) is 16.3. The van der Waals surface area contributed by atoms with Crippen LogP contribution in [0, 0.1) is 0 Å². The Morgan fingerprint density at radius 1 is 1.25 bits per heavy atom. The average molecular weight is 319 g/mol. The summed E-state index contributed by atoms with van der Waals surface area (Å²) in [7, 11) is 1.35. The van der Waals surface area contributed by atoms with Gasteiger partial charge in [-0.3, -0.25) is 10.1 Å². The zero-order valence-electron chi connectivity index (χ0n) is 10.7. The van der Waals surface area contributed by atoms with Crippen molar-refractivity contribution in [1.29, 1.82) is 0 Å². The van der Waals surface area contributed by atoms with Gasteiger partial charge in [0.2, 0.25) is 0 Å². The van der Waals surface area contributed by atoms with Gasteiger partial charge in [0.1, 0.15) is 0 Å². The van der Waals surface area contributed by atoms with Crippen molar-refractivity contribution >= 4 is 41.1 Å². The number of benzene rings is 1. The standard InChI is InChI=1S/C12H12Cl2N2O4/c1-6(10(17)16-12(19)15-2)20-11(18)8-4-3-7(13)5-9(8)14/h3-6H,1-2H3,(H2,15,16,17,19)/t6-/m1/s1. The number of hydrogen-bond donors (Lipinski definition) is 2. The van der Waals surface area contributed by atoms with Crippen LogP contribution >= 0.6 is 23.2 Å². The molecule has 0 saturated heterocycles. The van der Waals surface area contributed by atoms with Gasteiger partial charge in [0.05, 0.1) is 10.6 Å². The Morgan fingerprint density at radius 2 is 1.90 bits per heavy atom. The number of carbonyl (C=O) groups excluding carboxylic acids is 3. The monoisotopic (exact) mass is 318 g/mol. The molecule has 0 aliphatic carbocycles. The van der Waals surface area contributed by atoms with Gasteiger partial charge in [-0.2, -0.15) is 0 Å².